The molecule has 0 aliphatic carbocycles. The summed E-state index contributed by atoms with van der Waals surface area (Å²) in [5.74, 6) is 1.33. The van der Waals surface area contributed by atoms with Crippen LogP contribution in [-0.4, -0.2) is 52.6 Å². The number of pyridine rings is 1. The van der Waals surface area contributed by atoms with E-state index in [-0.39, 0.29) is 12.7 Å². The first kappa shape index (κ1) is 23.8. The number of benzene rings is 2. The summed E-state index contributed by atoms with van der Waals surface area (Å²) in [7, 11) is 3.47. The molecule has 0 unspecified atom stereocenters. The summed E-state index contributed by atoms with van der Waals surface area (Å²) in [6.07, 6.45) is 0.721. The zero-order valence-corrected chi connectivity index (χ0v) is 21.1. The molecule has 36 heavy (non-hydrogen) atoms. The maximum absolute atomic E-state index is 13.7. The average molecular weight is 487 g/mol. The third kappa shape index (κ3) is 4.64. The lowest BCUT2D eigenvalue weighted by Gasteiger charge is -2.24. The van der Waals surface area contributed by atoms with Gasteiger partial charge in [0.2, 0.25) is 6.79 Å². The average Bonchev–Trinajstić information content (AvgIpc) is 3.46. The Kier molecular flexibility index (Phi) is 6.61. The second-order valence-corrected chi connectivity index (χ2v) is 9.08. The molecule has 0 saturated carbocycles. The van der Waals surface area contributed by atoms with E-state index in [4.69, 9.17) is 19.2 Å². The highest BCUT2D eigenvalue weighted by molar-refractivity contribution is 5.93. The number of nitrogens with zero attached hydrogens (tertiary/aromatic N) is 4. The lowest BCUT2D eigenvalue weighted by Crippen LogP contribution is -2.33. The van der Waals surface area contributed by atoms with Crippen molar-refractivity contribution in [3.05, 3.63) is 71.0 Å². The van der Waals surface area contributed by atoms with Crippen LogP contribution in [0.4, 0.5) is 0 Å². The summed E-state index contributed by atoms with van der Waals surface area (Å²) < 4.78 is 18.1. The molecule has 0 atom stereocenters. The van der Waals surface area contributed by atoms with Crippen molar-refractivity contribution >= 4 is 16.8 Å². The van der Waals surface area contributed by atoms with Gasteiger partial charge in [-0.25, -0.2) is 4.98 Å². The number of hydrogen-bond acceptors (Lipinski definition) is 6. The lowest BCUT2D eigenvalue weighted by molar-refractivity contribution is 0.0713. The molecule has 1 amide bonds. The van der Waals surface area contributed by atoms with Gasteiger partial charge in [-0.15, -0.1) is 0 Å². The summed E-state index contributed by atoms with van der Waals surface area (Å²) >= 11 is 0. The van der Waals surface area contributed by atoms with Crippen LogP contribution in [0, 0.1) is 13.8 Å². The highest BCUT2D eigenvalue weighted by atomic mass is 16.7. The van der Waals surface area contributed by atoms with Crippen molar-refractivity contribution in [1.82, 2.24) is 19.7 Å². The fourth-order valence-corrected chi connectivity index (χ4v) is 4.63. The standard InChI is InChI=1S/C28H30N4O4/c1-18-8-5-6-9-22(18)27-21(13-20-14-25-26(36-17-35-25)15-23(20)29-27)16-32(10-7-11-34-4)28(33)24-12-19(2)30-31(24)3/h5-6,8-9,12-15H,7,10-11,16-17H2,1-4H3. The largest absolute Gasteiger partial charge is 0.454 e. The Balaban J connectivity index is 1.61. The summed E-state index contributed by atoms with van der Waals surface area (Å²) in [5, 5.41) is 5.31. The lowest BCUT2D eigenvalue weighted by atomic mass is 9.98. The van der Waals surface area contributed by atoms with E-state index in [1.54, 1.807) is 18.8 Å². The molecule has 1 aliphatic heterocycles. The first-order chi connectivity index (χ1) is 17.4. The number of methoxy groups -OCH3 is 1. The topological polar surface area (TPSA) is 78.7 Å². The molecule has 0 saturated heterocycles. The molecule has 4 aromatic rings. The number of amides is 1. The molecule has 5 rings (SSSR count). The molecule has 8 nitrogen and oxygen atoms in total. The maximum atomic E-state index is 13.7. The molecular weight excluding hydrogens is 456 g/mol. The predicted octanol–water partition coefficient (Wildman–Crippen LogP) is 4.66. The van der Waals surface area contributed by atoms with Crippen molar-refractivity contribution in [2.24, 2.45) is 7.05 Å². The smallest absolute Gasteiger partial charge is 0.272 e. The number of aryl methyl sites for hydroxylation is 3. The van der Waals surface area contributed by atoms with E-state index >= 15 is 0 Å². The molecule has 2 aromatic carbocycles. The molecule has 2 aromatic heterocycles. The summed E-state index contributed by atoms with van der Waals surface area (Å²) in [4.78, 5) is 20.6. The number of hydrogen-bond donors (Lipinski definition) is 0. The molecule has 0 N–H and O–H groups in total. The zero-order chi connectivity index (χ0) is 25.2. The molecule has 3 heterocycles. The van der Waals surface area contributed by atoms with Crippen LogP contribution in [0.25, 0.3) is 22.2 Å². The van der Waals surface area contributed by atoms with Crippen LogP contribution >= 0.6 is 0 Å². The van der Waals surface area contributed by atoms with Crippen molar-refractivity contribution in [3.8, 4) is 22.8 Å². The van der Waals surface area contributed by atoms with E-state index < -0.39 is 0 Å². The number of aromatic nitrogens is 3. The quantitative estimate of drug-likeness (QED) is 0.337. The number of fused-ring (bicyclic) bond motifs is 2. The molecule has 1 aliphatic rings. The Bertz CT molecular complexity index is 1430. The van der Waals surface area contributed by atoms with Crippen LogP contribution in [0.15, 0.2) is 48.5 Å². The van der Waals surface area contributed by atoms with Gasteiger partial charge >= 0.3 is 0 Å². The minimum absolute atomic E-state index is 0.0734. The highest BCUT2D eigenvalue weighted by Gasteiger charge is 2.23. The van der Waals surface area contributed by atoms with Gasteiger partial charge in [0.15, 0.2) is 11.5 Å². The van der Waals surface area contributed by atoms with E-state index in [0.717, 1.165) is 45.4 Å². The van der Waals surface area contributed by atoms with Gasteiger partial charge in [-0.1, -0.05) is 24.3 Å². The minimum Gasteiger partial charge on any atom is -0.454 e. The zero-order valence-electron chi connectivity index (χ0n) is 21.1. The van der Waals surface area contributed by atoms with Crippen molar-refractivity contribution < 1.29 is 19.0 Å². The van der Waals surface area contributed by atoms with Gasteiger partial charge in [0.1, 0.15) is 5.69 Å². The van der Waals surface area contributed by atoms with Gasteiger partial charge in [-0.2, -0.15) is 5.10 Å². The van der Waals surface area contributed by atoms with Crippen molar-refractivity contribution in [2.45, 2.75) is 26.8 Å². The SMILES string of the molecule is COCCCN(Cc1cc2cc3c(cc2nc1-c1ccccc1C)OCO3)C(=O)c1cc(C)nn1C. The van der Waals surface area contributed by atoms with E-state index in [1.807, 2.05) is 42.2 Å². The van der Waals surface area contributed by atoms with Crippen LogP contribution in [0.5, 0.6) is 11.5 Å². The van der Waals surface area contributed by atoms with Gasteiger partial charge in [0.05, 0.1) is 16.9 Å². The van der Waals surface area contributed by atoms with Crippen LogP contribution < -0.4 is 9.47 Å². The number of rotatable bonds is 8. The first-order valence-corrected chi connectivity index (χ1v) is 12.0. The molecular formula is C28H30N4O4. The van der Waals surface area contributed by atoms with E-state index in [1.165, 1.54) is 0 Å². The number of carbonyl (C=O) groups is 1. The molecule has 0 fully saturated rings. The Morgan fingerprint density at radius 3 is 2.61 bits per heavy atom. The highest BCUT2D eigenvalue weighted by Crippen LogP contribution is 2.38. The minimum atomic E-state index is -0.0734. The summed E-state index contributed by atoms with van der Waals surface area (Å²) in [6, 6.07) is 16.0. The number of carbonyl (C=O) groups excluding carboxylic acids is 1. The van der Waals surface area contributed by atoms with E-state index in [2.05, 4.69) is 30.2 Å². The number of ether oxygens (including phenoxy) is 3. The van der Waals surface area contributed by atoms with Gasteiger partial charge in [-0.05, 0) is 49.6 Å². The van der Waals surface area contributed by atoms with Gasteiger partial charge in [0.25, 0.3) is 5.91 Å². The third-order valence-electron chi connectivity index (χ3n) is 6.43. The monoisotopic (exact) mass is 486 g/mol. The van der Waals surface area contributed by atoms with E-state index in [9.17, 15) is 4.79 Å². The van der Waals surface area contributed by atoms with Gasteiger partial charge in [-0.3, -0.25) is 9.48 Å². The van der Waals surface area contributed by atoms with Crippen molar-refractivity contribution in [1.29, 1.82) is 0 Å². The Labute approximate surface area is 210 Å². The van der Waals surface area contributed by atoms with Crippen LogP contribution in [0.1, 0.15) is 33.7 Å². The van der Waals surface area contributed by atoms with Crippen molar-refractivity contribution in [3.63, 3.8) is 0 Å². The summed E-state index contributed by atoms with van der Waals surface area (Å²) in [6.45, 7) is 5.68. The fraction of sp³-hybridized carbons (Fsp3) is 0.321. The third-order valence-corrected chi connectivity index (χ3v) is 6.43. The van der Waals surface area contributed by atoms with E-state index in [0.29, 0.717) is 36.9 Å². The molecule has 186 valence electrons. The Morgan fingerprint density at radius 1 is 1.11 bits per heavy atom. The molecule has 0 spiro atoms. The van der Waals surface area contributed by atoms with Crippen molar-refractivity contribution in [2.75, 3.05) is 27.1 Å². The summed E-state index contributed by atoms with van der Waals surface area (Å²) in [5.41, 5.74) is 6.14. The second kappa shape index (κ2) is 9.99. The maximum Gasteiger partial charge on any atom is 0.272 e. The normalized spacial score (nSPS) is 12.3. The van der Waals surface area contributed by atoms with Gasteiger partial charge < -0.3 is 19.1 Å². The van der Waals surface area contributed by atoms with Crippen LogP contribution in [0.2, 0.25) is 0 Å². The Morgan fingerprint density at radius 2 is 1.89 bits per heavy atom. The van der Waals surface area contributed by atoms with Gasteiger partial charge in [0, 0.05) is 50.9 Å². The second-order valence-electron chi connectivity index (χ2n) is 9.08. The first-order valence-electron chi connectivity index (χ1n) is 12.0. The van der Waals surface area contributed by atoms with Crippen LogP contribution in [-0.2, 0) is 18.3 Å². The molecule has 8 heteroatoms. The van der Waals surface area contributed by atoms with Crippen LogP contribution in [0.3, 0.4) is 0 Å². The predicted molar refractivity (Wildman–Crippen MR) is 137 cm³/mol. The fourth-order valence-electron chi connectivity index (χ4n) is 4.63. The molecule has 0 bridgehead atoms. The Hall–Kier alpha value is -3.91. The molecule has 0 radical (unpaired) electrons.